The Hall–Kier alpha value is -2.06. The number of rotatable bonds is 6. The SMILES string of the molecule is O=C(CN(c1ccc(Cl)c(Cl)c1)S(=O)(=O)c1ccccc1)Nc1ccccc1Br. The summed E-state index contributed by atoms with van der Waals surface area (Å²) < 4.78 is 28.2. The van der Waals surface area contributed by atoms with Crippen molar-refractivity contribution in [3.8, 4) is 0 Å². The number of halogens is 3. The summed E-state index contributed by atoms with van der Waals surface area (Å²) in [5.74, 6) is -0.512. The monoisotopic (exact) mass is 512 g/mol. The van der Waals surface area contributed by atoms with Gasteiger partial charge in [0.2, 0.25) is 5.91 Å². The Morgan fingerprint density at radius 1 is 0.931 bits per heavy atom. The van der Waals surface area contributed by atoms with Crippen molar-refractivity contribution in [2.75, 3.05) is 16.2 Å². The van der Waals surface area contributed by atoms with Crippen molar-refractivity contribution in [3.05, 3.63) is 87.3 Å². The highest BCUT2D eigenvalue weighted by molar-refractivity contribution is 9.10. The van der Waals surface area contributed by atoms with Crippen molar-refractivity contribution >= 4 is 66.4 Å². The van der Waals surface area contributed by atoms with E-state index in [2.05, 4.69) is 21.2 Å². The van der Waals surface area contributed by atoms with Crippen molar-refractivity contribution in [1.82, 2.24) is 0 Å². The predicted molar refractivity (Wildman–Crippen MR) is 120 cm³/mol. The van der Waals surface area contributed by atoms with Gasteiger partial charge in [-0.15, -0.1) is 0 Å². The zero-order chi connectivity index (χ0) is 21.0. The first-order valence-corrected chi connectivity index (χ1v) is 11.3. The molecule has 1 N–H and O–H groups in total. The summed E-state index contributed by atoms with van der Waals surface area (Å²) in [5.41, 5.74) is 0.759. The lowest BCUT2D eigenvalue weighted by Crippen LogP contribution is -2.38. The topological polar surface area (TPSA) is 66.5 Å². The molecule has 29 heavy (non-hydrogen) atoms. The van der Waals surface area contributed by atoms with Crippen molar-refractivity contribution in [2.24, 2.45) is 0 Å². The molecular formula is C20H15BrCl2N2O3S. The molecule has 0 bridgehead atoms. The maximum absolute atomic E-state index is 13.2. The van der Waals surface area contributed by atoms with Crippen LogP contribution >= 0.6 is 39.1 Å². The third-order valence-electron chi connectivity index (χ3n) is 3.96. The normalized spacial score (nSPS) is 11.1. The molecule has 5 nitrogen and oxygen atoms in total. The summed E-state index contributed by atoms with van der Waals surface area (Å²) in [6, 6.07) is 19.3. The minimum absolute atomic E-state index is 0.0553. The number of nitrogens with one attached hydrogen (secondary N) is 1. The Labute approximate surface area is 187 Å². The molecule has 0 unspecified atom stereocenters. The molecule has 0 heterocycles. The Kier molecular flexibility index (Phi) is 6.85. The van der Waals surface area contributed by atoms with Crippen LogP contribution in [0.15, 0.2) is 82.2 Å². The van der Waals surface area contributed by atoms with E-state index in [9.17, 15) is 13.2 Å². The van der Waals surface area contributed by atoms with Gasteiger partial charge in [-0.3, -0.25) is 9.10 Å². The van der Waals surface area contributed by atoms with Crippen LogP contribution in [0.2, 0.25) is 10.0 Å². The molecule has 0 spiro atoms. The zero-order valence-electron chi connectivity index (χ0n) is 14.8. The zero-order valence-corrected chi connectivity index (χ0v) is 18.8. The lowest BCUT2D eigenvalue weighted by molar-refractivity contribution is -0.114. The van der Waals surface area contributed by atoms with E-state index in [0.29, 0.717) is 10.2 Å². The van der Waals surface area contributed by atoms with Crippen molar-refractivity contribution in [3.63, 3.8) is 0 Å². The summed E-state index contributed by atoms with van der Waals surface area (Å²) in [6.45, 7) is -0.448. The second kappa shape index (κ2) is 9.17. The van der Waals surface area contributed by atoms with E-state index in [1.165, 1.54) is 30.3 Å². The minimum atomic E-state index is -4.02. The van der Waals surface area contributed by atoms with Crippen LogP contribution in [0.5, 0.6) is 0 Å². The van der Waals surface area contributed by atoms with Crippen molar-refractivity contribution in [2.45, 2.75) is 4.90 Å². The van der Waals surface area contributed by atoms with Gasteiger partial charge in [0.15, 0.2) is 0 Å². The number of hydrogen-bond acceptors (Lipinski definition) is 3. The van der Waals surface area contributed by atoms with E-state index in [0.717, 1.165) is 4.31 Å². The molecule has 0 saturated heterocycles. The summed E-state index contributed by atoms with van der Waals surface area (Å²) in [7, 11) is -4.02. The van der Waals surface area contributed by atoms with Gasteiger partial charge in [0.25, 0.3) is 10.0 Å². The van der Waals surface area contributed by atoms with Crippen LogP contribution in [0.4, 0.5) is 11.4 Å². The first-order chi connectivity index (χ1) is 13.8. The maximum Gasteiger partial charge on any atom is 0.264 e. The molecule has 0 aliphatic rings. The molecule has 3 aromatic carbocycles. The fourth-order valence-corrected chi connectivity index (χ4v) is 4.67. The highest BCUT2D eigenvalue weighted by Gasteiger charge is 2.27. The Balaban J connectivity index is 1.98. The lowest BCUT2D eigenvalue weighted by atomic mass is 10.3. The number of sulfonamides is 1. The van der Waals surface area contributed by atoms with Crippen LogP contribution in [0.25, 0.3) is 0 Å². The van der Waals surface area contributed by atoms with Crippen LogP contribution in [0.3, 0.4) is 0 Å². The average Bonchev–Trinajstić information content (AvgIpc) is 2.71. The fraction of sp³-hybridized carbons (Fsp3) is 0.0500. The number of amides is 1. The molecule has 3 aromatic rings. The van der Waals surface area contributed by atoms with E-state index in [1.54, 1.807) is 36.4 Å². The Morgan fingerprint density at radius 2 is 1.59 bits per heavy atom. The van der Waals surface area contributed by atoms with Gasteiger partial charge in [-0.05, 0) is 58.4 Å². The number of nitrogens with zero attached hydrogens (tertiary/aromatic N) is 1. The van der Waals surface area contributed by atoms with E-state index in [4.69, 9.17) is 23.2 Å². The minimum Gasteiger partial charge on any atom is -0.323 e. The smallest absolute Gasteiger partial charge is 0.264 e. The highest BCUT2D eigenvalue weighted by Crippen LogP contribution is 2.30. The molecular weight excluding hydrogens is 499 g/mol. The summed E-state index contributed by atoms with van der Waals surface area (Å²) >= 11 is 15.4. The third kappa shape index (κ3) is 5.11. The van der Waals surface area contributed by atoms with Gasteiger partial charge in [0.05, 0.1) is 26.3 Å². The molecule has 150 valence electrons. The van der Waals surface area contributed by atoms with Gasteiger partial charge in [-0.1, -0.05) is 53.5 Å². The number of hydrogen-bond donors (Lipinski definition) is 1. The van der Waals surface area contributed by atoms with Crippen LogP contribution in [0, 0.1) is 0 Å². The number of carbonyl (C=O) groups excluding carboxylic acids is 1. The molecule has 0 aliphatic carbocycles. The van der Waals surface area contributed by atoms with Gasteiger partial charge in [0, 0.05) is 4.47 Å². The molecule has 3 rings (SSSR count). The molecule has 1 amide bonds. The second-order valence-corrected chi connectivity index (χ2v) is 9.48. The van der Waals surface area contributed by atoms with E-state index < -0.39 is 22.5 Å². The predicted octanol–water partition coefficient (Wildman–Crippen LogP) is 5.59. The van der Waals surface area contributed by atoms with Crippen LogP contribution < -0.4 is 9.62 Å². The average molecular weight is 514 g/mol. The number of carbonyl (C=O) groups is 1. The van der Waals surface area contributed by atoms with Gasteiger partial charge in [-0.2, -0.15) is 0 Å². The highest BCUT2D eigenvalue weighted by atomic mass is 79.9. The van der Waals surface area contributed by atoms with Crippen LogP contribution in [-0.2, 0) is 14.8 Å². The van der Waals surface area contributed by atoms with Crippen molar-refractivity contribution in [1.29, 1.82) is 0 Å². The molecule has 0 aliphatic heterocycles. The number of benzene rings is 3. The number of para-hydroxylation sites is 1. The summed E-state index contributed by atoms with van der Waals surface area (Å²) in [4.78, 5) is 12.7. The van der Waals surface area contributed by atoms with Gasteiger partial charge >= 0.3 is 0 Å². The quantitative estimate of drug-likeness (QED) is 0.467. The molecule has 0 aromatic heterocycles. The Morgan fingerprint density at radius 3 is 2.24 bits per heavy atom. The molecule has 0 saturated carbocycles. The van der Waals surface area contributed by atoms with Gasteiger partial charge in [-0.25, -0.2) is 8.42 Å². The Bertz CT molecular complexity index is 1140. The molecule has 9 heteroatoms. The largest absolute Gasteiger partial charge is 0.323 e. The first-order valence-electron chi connectivity index (χ1n) is 8.36. The molecule has 0 atom stereocenters. The van der Waals surface area contributed by atoms with Gasteiger partial charge in [0.1, 0.15) is 6.54 Å². The molecule has 0 fully saturated rings. The van der Waals surface area contributed by atoms with Gasteiger partial charge < -0.3 is 5.32 Å². The summed E-state index contributed by atoms with van der Waals surface area (Å²) in [5, 5.41) is 3.18. The second-order valence-electron chi connectivity index (χ2n) is 5.95. The lowest BCUT2D eigenvalue weighted by Gasteiger charge is -2.24. The molecule has 0 radical (unpaired) electrons. The third-order valence-corrected chi connectivity index (χ3v) is 7.18. The van der Waals surface area contributed by atoms with E-state index in [-0.39, 0.29) is 20.6 Å². The van der Waals surface area contributed by atoms with Crippen molar-refractivity contribution < 1.29 is 13.2 Å². The first kappa shape index (κ1) is 21.6. The maximum atomic E-state index is 13.2. The van der Waals surface area contributed by atoms with E-state index in [1.807, 2.05) is 6.07 Å². The number of anilines is 2. The summed E-state index contributed by atoms with van der Waals surface area (Å²) in [6.07, 6.45) is 0. The van der Waals surface area contributed by atoms with E-state index >= 15 is 0 Å². The fourth-order valence-electron chi connectivity index (χ4n) is 2.56. The van der Waals surface area contributed by atoms with Crippen LogP contribution in [0.1, 0.15) is 0 Å². The standard InChI is InChI=1S/C20H15BrCl2N2O3S/c21-16-8-4-5-9-19(16)24-20(26)13-25(14-10-11-17(22)18(23)12-14)29(27,28)15-6-2-1-3-7-15/h1-12H,13H2,(H,24,26). The van der Waals surface area contributed by atoms with Crippen LogP contribution in [-0.4, -0.2) is 20.9 Å².